The summed E-state index contributed by atoms with van der Waals surface area (Å²) in [5.41, 5.74) is 0. The Morgan fingerprint density at radius 2 is 2.07 bits per heavy atom. The van der Waals surface area contributed by atoms with Crippen molar-refractivity contribution in [1.82, 2.24) is 4.90 Å². The van der Waals surface area contributed by atoms with Gasteiger partial charge in [-0.05, 0) is 6.92 Å². The molecule has 0 saturated carbocycles. The van der Waals surface area contributed by atoms with Gasteiger partial charge in [-0.25, -0.2) is 4.79 Å². The van der Waals surface area contributed by atoms with Crippen molar-refractivity contribution < 1.29 is 19.1 Å². The standard InChI is InChI=1S/C10H15NO4/c1-2-15-10(13)11-7-3-9(12)4-8(11)6-14-5-7/h7-8H,2-6H2,1H3. The summed E-state index contributed by atoms with van der Waals surface area (Å²) in [6.07, 6.45) is 0.480. The van der Waals surface area contributed by atoms with Crippen LogP contribution in [0.5, 0.6) is 0 Å². The molecule has 2 bridgehead atoms. The van der Waals surface area contributed by atoms with E-state index >= 15 is 0 Å². The van der Waals surface area contributed by atoms with E-state index in [0.717, 1.165) is 0 Å². The average molecular weight is 213 g/mol. The monoisotopic (exact) mass is 213 g/mol. The molecule has 2 aliphatic heterocycles. The van der Waals surface area contributed by atoms with Crippen LogP contribution in [0.1, 0.15) is 19.8 Å². The van der Waals surface area contributed by atoms with E-state index in [4.69, 9.17) is 9.47 Å². The van der Waals surface area contributed by atoms with Crippen LogP contribution in [0.25, 0.3) is 0 Å². The van der Waals surface area contributed by atoms with Gasteiger partial charge in [-0.15, -0.1) is 0 Å². The van der Waals surface area contributed by atoms with Gasteiger partial charge in [0.2, 0.25) is 0 Å². The van der Waals surface area contributed by atoms with Gasteiger partial charge < -0.3 is 9.47 Å². The molecule has 0 aromatic rings. The second kappa shape index (κ2) is 4.18. The molecule has 15 heavy (non-hydrogen) atoms. The molecule has 5 nitrogen and oxygen atoms in total. The van der Waals surface area contributed by atoms with Gasteiger partial charge in [0.15, 0.2) is 0 Å². The van der Waals surface area contributed by atoms with Gasteiger partial charge >= 0.3 is 6.09 Å². The molecule has 1 amide bonds. The minimum atomic E-state index is -0.316. The van der Waals surface area contributed by atoms with Crippen LogP contribution in [0.2, 0.25) is 0 Å². The Bertz CT molecular complexity index is 263. The predicted molar refractivity (Wildman–Crippen MR) is 51.5 cm³/mol. The molecule has 2 atom stereocenters. The minimum Gasteiger partial charge on any atom is -0.450 e. The van der Waals surface area contributed by atoms with E-state index in [1.807, 2.05) is 0 Å². The summed E-state index contributed by atoms with van der Waals surface area (Å²) < 4.78 is 10.3. The molecule has 0 N–H and O–H groups in total. The third-order valence-corrected chi connectivity index (χ3v) is 2.81. The van der Waals surface area contributed by atoms with E-state index in [2.05, 4.69) is 0 Å². The van der Waals surface area contributed by atoms with Gasteiger partial charge in [0.1, 0.15) is 5.78 Å². The van der Waals surface area contributed by atoms with E-state index < -0.39 is 0 Å². The Morgan fingerprint density at radius 1 is 1.47 bits per heavy atom. The number of hydrogen-bond acceptors (Lipinski definition) is 4. The molecule has 2 unspecified atom stereocenters. The Kier molecular flexibility index (Phi) is 2.90. The number of morpholine rings is 1. The third-order valence-electron chi connectivity index (χ3n) is 2.81. The predicted octanol–water partition coefficient (Wildman–Crippen LogP) is 0.575. The molecule has 5 heteroatoms. The van der Waals surface area contributed by atoms with Crippen molar-refractivity contribution in [2.45, 2.75) is 31.8 Å². The van der Waals surface area contributed by atoms with Gasteiger partial charge in [-0.2, -0.15) is 0 Å². The lowest BCUT2D eigenvalue weighted by molar-refractivity contribution is -0.133. The Labute approximate surface area is 88.3 Å². The number of piperidine rings is 1. The first-order chi connectivity index (χ1) is 7.22. The lowest BCUT2D eigenvalue weighted by Crippen LogP contribution is -2.59. The van der Waals surface area contributed by atoms with Crippen molar-refractivity contribution in [3.8, 4) is 0 Å². The fraction of sp³-hybridized carbons (Fsp3) is 0.800. The number of ketones is 1. The van der Waals surface area contributed by atoms with Crippen molar-refractivity contribution in [2.24, 2.45) is 0 Å². The van der Waals surface area contributed by atoms with Gasteiger partial charge in [0.05, 0.1) is 31.9 Å². The second-order valence-corrected chi connectivity index (χ2v) is 3.90. The summed E-state index contributed by atoms with van der Waals surface area (Å²) in [5, 5.41) is 0. The molecule has 84 valence electrons. The van der Waals surface area contributed by atoms with Crippen LogP contribution in [0.15, 0.2) is 0 Å². The summed E-state index contributed by atoms with van der Waals surface area (Å²) in [6.45, 7) is 3.03. The number of ether oxygens (including phenoxy) is 2. The Balaban J connectivity index is 2.10. The molecule has 0 aliphatic carbocycles. The first kappa shape index (κ1) is 10.4. The highest BCUT2D eigenvalue weighted by molar-refractivity contribution is 5.83. The number of Topliss-reactive ketones (excluding diaryl/α,β-unsaturated/α-hetero) is 1. The van der Waals surface area contributed by atoms with Crippen molar-refractivity contribution in [3.05, 3.63) is 0 Å². The Morgan fingerprint density at radius 3 is 2.60 bits per heavy atom. The number of carbonyl (C=O) groups excluding carboxylic acids is 2. The van der Waals surface area contributed by atoms with Gasteiger partial charge in [-0.3, -0.25) is 9.69 Å². The second-order valence-electron chi connectivity index (χ2n) is 3.90. The smallest absolute Gasteiger partial charge is 0.410 e. The lowest BCUT2D eigenvalue weighted by atomic mass is 9.94. The molecule has 0 spiro atoms. The van der Waals surface area contributed by atoms with Crippen LogP contribution in [0.3, 0.4) is 0 Å². The van der Waals surface area contributed by atoms with Crippen LogP contribution in [0, 0.1) is 0 Å². The average Bonchev–Trinajstić information content (AvgIpc) is 2.16. The van der Waals surface area contributed by atoms with Crippen LogP contribution >= 0.6 is 0 Å². The molecule has 2 aliphatic rings. The third kappa shape index (κ3) is 1.97. The minimum absolute atomic E-state index is 0.121. The van der Waals surface area contributed by atoms with E-state index in [1.54, 1.807) is 11.8 Å². The maximum Gasteiger partial charge on any atom is 0.410 e. The van der Waals surface area contributed by atoms with E-state index in [0.29, 0.717) is 32.7 Å². The Hall–Kier alpha value is -1.10. The molecule has 2 fully saturated rings. The number of amides is 1. The number of hydrogen-bond donors (Lipinski definition) is 0. The van der Waals surface area contributed by atoms with Crippen LogP contribution < -0.4 is 0 Å². The summed E-state index contributed by atoms with van der Waals surface area (Å²) in [4.78, 5) is 24.7. The van der Waals surface area contributed by atoms with Crippen molar-refractivity contribution in [2.75, 3.05) is 19.8 Å². The normalized spacial score (nSPS) is 30.2. The zero-order valence-electron chi connectivity index (χ0n) is 8.77. The highest BCUT2D eigenvalue weighted by atomic mass is 16.6. The topological polar surface area (TPSA) is 55.8 Å². The first-order valence-corrected chi connectivity index (χ1v) is 5.27. The molecular formula is C10H15NO4. The molecule has 2 heterocycles. The highest BCUT2D eigenvalue weighted by Crippen LogP contribution is 2.25. The van der Waals surface area contributed by atoms with Crippen LogP contribution in [-0.4, -0.2) is 48.7 Å². The van der Waals surface area contributed by atoms with E-state index in [9.17, 15) is 9.59 Å². The van der Waals surface area contributed by atoms with Crippen molar-refractivity contribution in [3.63, 3.8) is 0 Å². The molecular weight excluding hydrogens is 198 g/mol. The SMILES string of the molecule is CCOC(=O)N1C2COCC1CC(=O)C2. The first-order valence-electron chi connectivity index (χ1n) is 5.27. The van der Waals surface area contributed by atoms with Crippen LogP contribution in [0.4, 0.5) is 4.79 Å². The maximum absolute atomic E-state index is 11.7. The summed E-state index contributed by atoms with van der Waals surface area (Å²) >= 11 is 0. The highest BCUT2D eigenvalue weighted by Gasteiger charge is 2.41. The number of fused-ring (bicyclic) bond motifs is 2. The zero-order chi connectivity index (χ0) is 10.8. The van der Waals surface area contributed by atoms with Gasteiger partial charge in [0, 0.05) is 12.8 Å². The number of rotatable bonds is 1. The summed E-state index contributed by atoms with van der Waals surface area (Å²) in [5.74, 6) is 0.217. The van der Waals surface area contributed by atoms with E-state index in [1.165, 1.54) is 0 Å². The molecule has 2 saturated heterocycles. The van der Waals surface area contributed by atoms with Crippen molar-refractivity contribution >= 4 is 11.9 Å². The number of nitrogens with zero attached hydrogens (tertiary/aromatic N) is 1. The molecule has 2 rings (SSSR count). The quantitative estimate of drug-likeness (QED) is 0.639. The molecule has 0 aromatic carbocycles. The largest absolute Gasteiger partial charge is 0.450 e. The molecule has 0 aromatic heterocycles. The fourth-order valence-corrected chi connectivity index (χ4v) is 2.22. The zero-order valence-corrected chi connectivity index (χ0v) is 8.77. The van der Waals surface area contributed by atoms with E-state index in [-0.39, 0.29) is 24.0 Å². The maximum atomic E-state index is 11.7. The molecule has 0 radical (unpaired) electrons. The van der Waals surface area contributed by atoms with Gasteiger partial charge in [-0.1, -0.05) is 0 Å². The summed E-state index contributed by atoms with van der Waals surface area (Å²) in [6, 6.07) is -0.243. The fourth-order valence-electron chi connectivity index (χ4n) is 2.22. The van der Waals surface area contributed by atoms with Crippen molar-refractivity contribution in [1.29, 1.82) is 0 Å². The van der Waals surface area contributed by atoms with Gasteiger partial charge in [0.25, 0.3) is 0 Å². The van der Waals surface area contributed by atoms with Crippen LogP contribution in [-0.2, 0) is 14.3 Å². The summed E-state index contributed by atoms with van der Waals surface area (Å²) in [7, 11) is 0. The number of carbonyl (C=O) groups is 2. The lowest BCUT2D eigenvalue weighted by Gasteiger charge is -2.43.